The first-order valence-corrected chi connectivity index (χ1v) is 7.30. The number of carbonyl (C=O) groups is 1. The average Bonchev–Trinajstić information content (AvgIpc) is 2.72. The molecule has 2 nitrogen and oxygen atoms in total. The van der Waals surface area contributed by atoms with Crippen LogP contribution >= 0.6 is 0 Å². The van der Waals surface area contributed by atoms with Crippen molar-refractivity contribution in [2.75, 3.05) is 0 Å². The third kappa shape index (κ3) is 1.65. The Balaban J connectivity index is 1.91. The van der Waals surface area contributed by atoms with Gasteiger partial charge in [-0.05, 0) is 42.7 Å². The summed E-state index contributed by atoms with van der Waals surface area (Å²) >= 11 is 0. The molecule has 3 rings (SSSR count). The quantitative estimate of drug-likeness (QED) is 0.772. The molecule has 3 unspecified atom stereocenters. The van der Waals surface area contributed by atoms with E-state index >= 15 is 0 Å². The first-order valence-electron chi connectivity index (χ1n) is 7.30. The number of hydrogen-bond donors (Lipinski definition) is 0. The van der Waals surface area contributed by atoms with Gasteiger partial charge in [0, 0.05) is 5.41 Å². The SMILES string of the molecule is CC1(C)C2CCC1(C)C(Oc1cccc(F)c1C=O)C2. The van der Waals surface area contributed by atoms with Gasteiger partial charge in [0.1, 0.15) is 17.7 Å². The Hall–Kier alpha value is -1.38. The van der Waals surface area contributed by atoms with E-state index in [1.807, 2.05) is 0 Å². The zero-order chi connectivity index (χ0) is 14.5. The van der Waals surface area contributed by atoms with E-state index in [1.54, 1.807) is 12.1 Å². The van der Waals surface area contributed by atoms with Crippen molar-refractivity contribution in [2.45, 2.75) is 46.1 Å². The number of fused-ring (bicyclic) bond motifs is 2. The number of halogens is 1. The van der Waals surface area contributed by atoms with Crippen molar-refractivity contribution < 1.29 is 13.9 Å². The molecule has 3 heteroatoms. The van der Waals surface area contributed by atoms with Crippen molar-refractivity contribution in [1.82, 2.24) is 0 Å². The molecule has 2 saturated carbocycles. The molecule has 0 aliphatic heterocycles. The molecule has 0 radical (unpaired) electrons. The number of hydrogen-bond acceptors (Lipinski definition) is 2. The smallest absolute Gasteiger partial charge is 0.156 e. The number of aldehydes is 1. The van der Waals surface area contributed by atoms with Gasteiger partial charge in [-0.15, -0.1) is 0 Å². The van der Waals surface area contributed by atoms with E-state index in [1.165, 1.54) is 12.5 Å². The minimum absolute atomic E-state index is 0.0386. The number of carbonyl (C=O) groups excluding carboxylic acids is 1. The molecule has 2 bridgehead atoms. The molecule has 1 aromatic rings. The van der Waals surface area contributed by atoms with Crippen LogP contribution in [0, 0.1) is 22.6 Å². The van der Waals surface area contributed by atoms with E-state index < -0.39 is 5.82 Å². The molecule has 20 heavy (non-hydrogen) atoms. The molecule has 0 saturated heterocycles. The summed E-state index contributed by atoms with van der Waals surface area (Å²) in [5.74, 6) is 0.533. The van der Waals surface area contributed by atoms with E-state index in [9.17, 15) is 9.18 Å². The minimum Gasteiger partial charge on any atom is -0.489 e. The summed E-state index contributed by atoms with van der Waals surface area (Å²) in [6, 6.07) is 4.58. The number of rotatable bonds is 3. The highest BCUT2D eigenvalue weighted by Crippen LogP contribution is 2.66. The van der Waals surface area contributed by atoms with Crippen LogP contribution in [0.4, 0.5) is 4.39 Å². The standard InChI is InChI=1S/C17H21FO2/c1-16(2)11-7-8-17(16,3)15(9-11)20-14-6-4-5-13(18)12(14)10-19/h4-6,10-11,15H,7-9H2,1-3H3. The zero-order valence-electron chi connectivity index (χ0n) is 12.3. The summed E-state index contributed by atoms with van der Waals surface area (Å²) < 4.78 is 19.7. The average molecular weight is 276 g/mol. The highest BCUT2D eigenvalue weighted by molar-refractivity contribution is 5.79. The van der Waals surface area contributed by atoms with E-state index in [0.717, 1.165) is 12.8 Å². The van der Waals surface area contributed by atoms with Crippen LogP contribution in [-0.2, 0) is 0 Å². The highest BCUT2D eigenvalue weighted by atomic mass is 19.1. The molecule has 3 atom stereocenters. The highest BCUT2D eigenvalue weighted by Gasteiger charge is 2.62. The Kier molecular flexibility index (Phi) is 2.93. The summed E-state index contributed by atoms with van der Waals surface area (Å²) in [5.41, 5.74) is 0.382. The van der Waals surface area contributed by atoms with Gasteiger partial charge in [-0.2, -0.15) is 0 Å². The molecule has 0 spiro atoms. The van der Waals surface area contributed by atoms with Crippen LogP contribution in [0.25, 0.3) is 0 Å². The van der Waals surface area contributed by atoms with Gasteiger partial charge in [0.2, 0.25) is 0 Å². The maximum absolute atomic E-state index is 13.6. The van der Waals surface area contributed by atoms with Gasteiger partial charge >= 0.3 is 0 Å². The molecule has 0 heterocycles. The first kappa shape index (κ1) is 13.6. The predicted octanol–water partition coefficient (Wildman–Crippen LogP) is 4.23. The van der Waals surface area contributed by atoms with E-state index in [4.69, 9.17) is 4.74 Å². The Morgan fingerprint density at radius 1 is 1.35 bits per heavy atom. The lowest BCUT2D eigenvalue weighted by atomic mass is 9.70. The van der Waals surface area contributed by atoms with Crippen molar-refractivity contribution in [2.24, 2.45) is 16.7 Å². The summed E-state index contributed by atoms with van der Waals surface area (Å²) in [5, 5.41) is 0. The van der Waals surface area contributed by atoms with E-state index in [-0.39, 0.29) is 22.5 Å². The van der Waals surface area contributed by atoms with Crippen LogP contribution in [0.3, 0.4) is 0 Å². The van der Waals surface area contributed by atoms with Crippen LogP contribution < -0.4 is 4.74 Å². The second-order valence-corrected chi connectivity index (χ2v) is 6.99. The van der Waals surface area contributed by atoms with E-state index in [0.29, 0.717) is 18.0 Å². The van der Waals surface area contributed by atoms with Crippen LogP contribution in [-0.4, -0.2) is 12.4 Å². The first-order chi connectivity index (χ1) is 9.40. The Bertz CT molecular complexity index is 552. The van der Waals surface area contributed by atoms with Crippen molar-refractivity contribution in [1.29, 1.82) is 0 Å². The molecular weight excluding hydrogens is 255 g/mol. The maximum atomic E-state index is 13.6. The Labute approximate surface area is 119 Å². The van der Waals surface area contributed by atoms with Gasteiger partial charge in [-0.25, -0.2) is 4.39 Å². The summed E-state index contributed by atoms with van der Waals surface area (Å²) in [6.07, 6.45) is 3.99. The molecule has 1 aromatic carbocycles. The summed E-state index contributed by atoms with van der Waals surface area (Å²) in [6.45, 7) is 6.88. The lowest BCUT2D eigenvalue weighted by Gasteiger charge is -2.39. The second kappa shape index (κ2) is 4.31. The number of benzene rings is 1. The van der Waals surface area contributed by atoms with Crippen molar-refractivity contribution in [3.8, 4) is 5.75 Å². The molecule has 2 fully saturated rings. The van der Waals surface area contributed by atoms with E-state index in [2.05, 4.69) is 20.8 Å². The molecule has 108 valence electrons. The van der Waals surface area contributed by atoms with Gasteiger partial charge in [0.15, 0.2) is 6.29 Å². The van der Waals surface area contributed by atoms with Gasteiger partial charge < -0.3 is 4.74 Å². The largest absolute Gasteiger partial charge is 0.489 e. The topological polar surface area (TPSA) is 26.3 Å². The van der Waals surface area contributed by atoms with Crippen LogP contribution in [0.1, 0.15) is 50.4 Å². The normalized spacial score (nSPS) is 34.2. The van der Waals surface area contributed by atoms with Gasteiger partial charge in [-0.3, -0.25) is 4.79 Å². The fourth-order valence-corrected chi connectivity index (χ4v) is 4.20. The lowest BCUT2D eigenvalue weighted by Crippen LogP contribution is -2.39. The third-order valence-electron chi connectivity index (χ3n) is 6.11. The summed E-state index contributed by atoms with van der Waals surface area (Å²) in [4.78, 5) is 11.1. The monoisotopic (exact) mass is 276 g/mol. The number of ether oxygens (including phenoxy) is 1. The summed E-state index contributed by atoms with van der Waals surface area (Å²) in [7, 11) is 0. The van der Waals surface area contributed by atoms with Crippen molar-refractivity contribution in [3.05, 3.63) is 29.6 Å². The van der Waals surface area contributed by atoms with Crippen LogP contribution in [0.15, 0.2) is 18.2 Å². The van der Waals surface area contributed by atoms with Crippen molar-refractivity contribution >= 4 is 6.29 Å². The molecular formula is C17H21FO2. The van der Waals surface area contributed by atoms with Gasteiger partial charge in [0.05, 0.1) is 5.56 Å². The Morgan fingerprint density at radius 2 is 2.10 bits per heavy atom. The van der Waals surface area contributed by atoms with Gasteiger partial charge in [-0.1, -0.05) is 26.8 Å². The van der Waals surface area contributed by atoms with Crippen LogP contribution in [0.2, 0.25) is 0 Å². The van der Waals surface area contributed by atoms with Crippen LogP contribution in [0.5, 0.6) is 5.75 Å². The molecule has 2 aliphatic rings. The van der Waals surface area contributed by atoms with Gasteiger partial charge in [0.25, 0.3) is 0 Å². The molecule has 2 aliphatic carbocycles. The van der Waals surface area contributed by atoms with Crippen molar-refractivity contribution in [3.63, 3.8) is 0 Å². The molecule has 0 N–H and O–H groups in total. The second-order valence-electron chi connectivity index (χ2n) is 6.99. The minimum atomic E-state index is -0.509. The third-order valence-corrected chi connectivity index (χ3v) is 6.11. The molecule has 0 aromatic heterocycles. The predicted molar refractivity (Wildman–Crippen MR) is 75.4 cm³/mol. The maximum Gasteiger partial charge on any atom is 0.156 e. The fraction of sp³-hybridized carbons (Fsp3) is 0.588. The lowest BCUT2D eigenvalue weighted by molar-refractivity contribution is 0.0295. The Morgan fingerprint density at radius 3 is 2.65 bits per heavy atom. The zero-order valence-corrected chi connectivity index (χ0v) is 12.3. The fourth-order valence-electron chi connectivity index (χ4n) is 4.20. The molecule has 0 amide bonds.